The highest BCUT2D eigenvalue weighted by Gasteiger charge is 2.35. The summed E-state index contributed by atoms with van der Waals surface area (Å²) in [5.41, 5.74) is -0.411. The van der Waals surface area contributed by atoms with E-state index in [1.807, 2.05) is 20.8 Å². The second-order valence-corrected chi connectivity index (χ2v) is 7.18. The lowest BCUT2D eigenvalue weighted by atomic mass is 9.92. The zero-order valence-corrected chi connectivity index (χ0v) is 13.3. The number of nitrogens with one attached hydrogen (secondary N) is 1. The van der Waals surface area contributed by atoms with E-state index in [0.717, 1.165) is 38.8 Å². The average molecular weight is 282 g/mol. The van der Waals surface area contributed by atoms with E-state index in [-0.39, 0.29) is 6.09 Å². The number of hydrogen-bond donors (Lipinski definition) is 1. The van der Waals surface area contributed by atoms with E-state index in [1.165, 1.54) is 19.3 Å². The Morgan fingerprint density at radius 1 is 1.05 bits per heavy atom. The lowest BCUT2D eigenvalue weighted by Crippen LogP contribution is -2.54. The molecule has 20 heavy (non-hydrogen) atoms. The summed E-state index contributed by atoms with van der Waals surface area (Å²) >= 11 is 0. The van der Waals surface area contributed by atoms with Crippen LogP contribution in [0.4, 0.5) is 4.79 Å². The Bertz CT molecular complexity index is 295. The molecule has 0 aromatic heterocycles. The summed E-state index contributed by atoms with van der Waals surface area (Å²) in [6.45, 7) is 7.83. The molecule has 116 valence electrons. The predicted octanol–water partition coefficient (Wildman–Crippen LogP) is 3.31. The van der Waals surface area contributed by atoms with Crippen molar-refractivity contribution in [3.05, 3.63) is 0 Å². The maximum Gasteiger partial charge on any atom is 0.410 e. The Morgan fingerprint density at radius 2 is 1.70 bits per heavy atom. The van der Waals surface area contributed by atoms with Crippen molar-refractivity contribution in [2.24, 2.45) is 0 Å². The van der Waals surface area contributed by atoms with E-state index in [2.05, 4.69) is 10.2 Å². The second-order valence-electron chi connectivity index (χ2n) is 7.18. The van der Waals surface area contributed by atoms with Gasteiger partial charge in [0, 0.05) is 18.6 Å². The molecule has 0 bridgehead atoms. The summed E-state index contributed by atoms with van der Waals surface area (Å²) in [6.07, 6.45) is 8.19. The summed E-state index contributed by atoms with van der Waals surface area (Å²) < 4.78 is 5.67. The molecule has 1 N–H and O–H groups in total. The van der Waals surface area contributed by atoms with E-state index >= 15 is 0 Å². The van der Waals surface area contributed by atoms with Gasteiger partial charge in [-0.25, -0.2) is 4.79 Å². The van der Waals surface area contributed by atoms with Gasteiger partial charge in [-0.2, -0.15) is 0 Å². The Morgan fingerprint density at radius 3 is 2.25 bits per heavy atom. The number of carbonyl (C=O) groups is 1. The van der Waals surface area contributed by atoms with Crippen LogP contribution in [-0.4, -0.2) is 41.8 Å². The Labute approximate surface area is 123 Å². The van der Waals surface area contributed by atoms with Crippen LogP contribution < -0.4 is 5.32 Å². The molecule has 0 radical (unpaired) electrons. The maximum absolute atomic E-state index is 12.6. The fourth-order valence-electron chi connectivity index (χ4n) is 3.34. The van der Waals surface area contributed by atoms with Gasteiger partial charge in [0.2, 0.25) is 0 Å². The summed E-state index contributed by atoms with van der Waals surface area (Å²) in [5.74, 6) is 0. The summed E-state index contributed by atoms with van der Waals surface area (Å²) in [7, 11) is 0. The van der Waals surface area contributed by atoms with Crippen molar-refractivity contribution in [2.75, 3.05) is 13.1 Å². The maximum atomic E-state index is 12.6. The molecule has 0 aromatic carbocycles. The van der Waals surface area contributed by atoms with Gasteiger partial charge in [-0.1, -0.05) is 19.3 Å². The van der Waals surface area contributed by atoms with E-state index in [9.17, 15) is 4.79 Å². The first-order valence-electron chi connectivity index (χ1n) is 8.19. The lowest BCUT2D eigenvalue weighted by Gasteiger charge is -2.42. The molecule has 1 saturated heterocycles. The first kappa shape index (κ1) is 15.6. The van der Waals surface area contributed by atoms with Gasteiger partial charge in [0.25, 0.3) is 0 Å². The van der Waals surface area contributed by atoms with Gasteiger partial charge in [-0.3, -0.25) is 0 Å². The Hall–Kier alpha value is -0.770. The molecule has 0 spiro atoms. The molecular formula is C16H30N2O2. The van der Waals surface area contributed by atoms with Gasteiger partial charge in [0.15, 0.2) is 0 Å². The van der Waals surface area contributed by atoms with E-state index in [0.29, 0.717) is 12.1 Å². The Balaban J connectivity index is 2.07. The van der Waals surface area contributed by atoms with Crippen molar-refractivity contribution in [1.82, 2.24) is 10.2 Å². The SMILES string of the molecule is CC(C)(C)OC(=O)N(C1CCCCC1)[C@@H]1CCCNC1. The minimum Gasteiger partial charge on any atom is -0.444 e. The highest BCUT2D eigenvalue weighted by Crippen LogP contribution is 2.27. The molecule has 1 saturated carbocycles. The molecule has 0 unspecified atom stereocenters. The average Bonchev–Trinajstić information content (AvgIpc) is 2.39. The molecule has 2 rings (SSSR count). The quantitative estimate of drug-likeness (QED) is 0.845. The van der Waals surface area contributed by atoms with Gasteiger partial charge < -0.3 is 15.0 Å². The zero-order chi connectivity index (χ0) is 14.6. The van der Waals surface area contributed by atoms with Gasteiger partial charge in [0.05, 0.1) is 0 Å². The van der Waals surface area contributed by atoms with Crippen LogP contribution in [0.25, 0.3) is 0 Å². The fraction of sp³-hybridized carbons (Fsp3) is 0.938. The van der Waals surface area contributed by atoms with Gasteiger partial charge in [0.1, 0.15) is 5.60 Å². The molecule has 4 nitrogen and oxygen atoms in total. The van der Waals surface area contributed by atoms with Gasteiger partial charge >= 0.3 is 6.09 Å². The van der Waals surface area contributed by atoms with Crippen LogP contribution in [0.3, 0.4) is 0 Å². The van der Waals surface area contributed by atoms with Crippen LogP contribution in [0.5, 0.6) is 0 Å². The molecular weight excluding hydrogens is 252 g/mol. The normalized spacial score (nSPS) is 25.2. The van der Waals surface area contributed by atoms with Gasteiger partial charge in [-0.05, 0) is 53.0 Å². The minimum atomic E-state index is -0.411. The molecule has 2 fully saturated rings. The van der Waals surface area contributed by atoms with Crippen LogP contribution in [0.2, 0.25) is 0 Å². The largest absolute Gasteiger partial charge is 0.444 e. The minimum absolute atomic E-state index is 0.113. The standard InChI is InChI=1S/C16H30N2O2/c1-16(2,3)20-15(19)18(13-8-5-4-6-9-13)14-10-7-11-17-12-14/h13-14,17H,4-12H2,1-3H3/t14-/m1/s1. The number of ether oxygens (including phenoxy) is 1. The molecule has 1 aliphatic carbocycles. The first-order chi connectivity index (χ1) is 9.47. The molecule has 4 heteroatoms. The van der Waals surface area contributed by atoms with Crippen LogP contribution >= 0.6 is 0 Å². The molecule has 1 amide bonds. The summed E-state index contributed by atoms with van der Waals surface area (Å²) in [5, 5.41) is 3.42. The number of hydrogen-bond acceptors (Lipinski definition) is 3. The number of rotatable bonds is 2. The van der Waals surface area contributed by atoms with Crippen molar-refractivity contribution in [2.45, 2.75) is 83.4 Å². The second kappa shape index (κ2) is 6.79. The third-order valence-electron chi connectivity index (χ3n) is 4.24. The Kier molecular flexibility index (Phi) is 5.30. The summed E-state index contributed by atoms with van der Waals surface area (Å²) in [4.78, 5) is 14.7. The van der Waals surface area contributed by atoms with E-state index < -0.39 is 5.60 Å². The molecule has 1 atom stereocenters. The van der Waals surface area contributed by atoms with Crippen molar-refractivity contribution < 1.29 is 9.53 Å². The number of amides is 1. The van der Waals surface area contributed by atoms with Crippen LogP contribution in [0.15, 0.2) is 0 Å². The molecule has 2 aliphatic rings. The fourth-order valence-corrected chi connectivity index (χ4v) is 3.34. The smallest absolute Gasteiger partial charge is 0.410 e. The van der Waals surface area contributed by atoms with Gasteiger partial charge in [-0.15, -0.1) is 0 Å². The third kappa shape index (κ3) is 4.37. The number of nitrogens with zero attached hydrogens (tertiary/aromatic N) is 1. The van der Waals surface area contributed by atoms with Crippen LogP contribution in [0.1, 0.15) is 65.7 Å². The lowest BCUT2D eigenvalue weighted by molar-refractivity contribution is -0.00301. The number of carbonyl (C=O) groups excluding carboxylic acids is 1. The van der Waals surface area contributed by atoms with Crippen LogP contribution in [0, 0.1) is 0 Å². The van der Waals surface area contributed by atoms with E-state index in [4.69, 9.17) is 4.74 Å². The van der Waals surface area contributed by atoms with Crippen molar-refractivity contribution in [3.8, 4) is 0 Å². The first-order valence-corrected chi connectivity index (χ1v) is 8.19. The topological polar surface area (TPSA) is 41.6 Å². The molecule has 1 heterocycles. The summed E-state index contributed by atoms with van der Waals surface area (Å²) in [6, 6.07) is 0.685. The molecule has 1 aliphatic heterocycles. The number of piperidine rings is 1. The molecule has 0 aromatic rings. The van der Waals surface area contributed by atoms with Crippen molar-refractivity contribution in [1.29, 1.82) is 0 Å². The highest BCUT2D eigenvalue weighted by atomic mass is 16.6. The third-order valence-corrected chi connectivity index (χ3v) is 4.24. The highest BCUT2D eigenvalue weighted by molar-refractivity contribution is 5.69. The van der Waals surface area contributed by atoms with E-state index in [1.54, 1.807) is 0 Å². The van der Waals surface area contributed by atoms with Crippen LogP contribution in [-0.2, 0) is 4.74 Å². The monoisotopic (exact) mass is 282 g/mol. The van der Waals surface area contributed by atoms with Crippen molar-refractivity contribution in [3.63, 3.8) is 0 Å². The zero-order valence-electron chi connectivity index (χ0n) is 13.3. The predicted molar refractivity (Wildman–Crippen MR) is 80.8 cm³/mol. The van der Waals surface area contributed by atoms with Crippen molar-refractivity contribution >= 4 is 6.09 Å².